The van der Waals surface area contributed by atoms with Crippen molar-refractivity contribution in [3.63, 3.8) is 0 Å². The number of carbonyl (C=O) groups excluding carboxylic acids is 1. The molecule has 2 rings (SSSR count). The number of benzene rings is 1. The summed E-state index contributed by atoms with van der Waals surface area (Å²) in [5.41, 5.74) is 1.93. The number of aryl methyl sites for hydroxylation is 1. The van der Waals surface area contributed by atoms with Gasteiger partial charge in [-0.2, -0.15) is 5.26 Å². The smallest absolute Gasteiger partial charge is 0.338 e. The third-order valence-electron chi connectivity index (χ3n) is 4.94. The molecule has 0 radical (unpaired) electrons. The molecule has 0 N–H and O–H groups in total. The van der Waals surface area contributed by atoms with Gasteiger partial charge in [-0.3, -0.25) is 0 Å². The Morgan fingerprint density at radius 2 is 1.88 bits per heavy atom. The Morgan fingerprint density at radius 1 is 1.16 bits per heavy atom. The molecule has 0 atom stereocenters. The number of allylic oxidation sites excluding steroid dienone is 2. The van der Waals surface area contributed by atoms with Crippen LogP contribution in [0.1, 0.15) is 74.2 Å². The van der Waals surface area contributed by atoms with Crippen molar-refractivity contribution in [1.82, 2.24) is 0 Å². The minimum atomic E-state index is -0.214. The highest BCUT2D eigenvalue weighted by Gasteiger charge is 2.23. The van der Waals surface area contributed by atoms with Crippen LogP contribution in [0, 0.1) is 17.2 Å². The van der Waals surface area contributed by atoms with Crippen LogP contribution in [0.25, 0.3) is 0 Å². The third kappa shape index (κ3) is 6.74. The predicted octanol–water partition coefficient (Wildman–Crippen LogP) is 5.60. The monoisotopic (exact) mass is 339 g/mol. The number of ether oxygens (including phenoxy) is 1. The summed E-state index contributed by atoms with van der Waals surface area (Å²) in [5.74, 6) is 0.232. The van der Waals surface area contributed by atoms with Gasteiger partial charge in [0.2, 0.25) is 0 Å². The highest BCUT2D eigenvalue weighted by Crippen LogP contribution is 2.27. The number of hydrogen-bond acceptors (Lipinski definition) is 3. The van der Waals surface area contributed by atoms with E-state index in [9.17, 15) is 4.79 Å². The van der Waals surface area contributed by atoms with E-state index in [0.29, 0.717) is 11.5 Å². The molecule has 0 amide bonds. The zero-order chi connectivity index (χ0) is 17.9. The van der Waals surface area contributed by atoms with E-state index in [4.69, 9.17) is 10.00 Å². The van der Waals surface area contributed by atoms with Crippen LogP contribution in [-0.2, 0) is 11.2 Å². The van der Waals surface area contributed by atoms with Gasteiger partial charge in [0.25, 0.3) is 0 Å². The third-order valence-corrected chi connectivity index (χ3v) is 4.94. The molecular formula is C22H29NO2. The van der Waals surface area contributed by atoms with Crippen molar-refractivity contribution in [2.45, 2.75) is 70.8 Å². The van der Waals surface area contributed by atoms with Crippen molar-refractivity contribution in [3.05, 3.63) is 47.5 Å². The summed E-state index contributed by atoms with van der Waals surface area (Å²) in [6.07, 6.45) is 13.3. The van der Waals surface area contributed by atoms with E-state index in [1.807, 2.05) is 36.4 Å². The molecule has 1 aromatic carbocycles. The van der Waals surface area contributed by atoms with Gasteiger partial charge >= 0.3 is 5.97 Å². The van der Waals surface area contributed by atoms with Gasteiger partial charge in [0, 0.05) is 6.08 Å². The van der Waals surface area contributed by atoms with Crippen LogP contribution in [0.4, 0.5) is 0 Å². The lowest BCUT2D eigenvalue weighted by atomic mass is 9.87. The Labute approximate surface area is 151 Å². The number of carbonyl (C=O) groups is 1. The predicted molar refractivity (Wildman–Crippen MR) is 100 cm³/mol. The summed E-state index contributed by atoms with van der Waals surface area (Å²) in [6.45, 7) is 2.22. The van der Waals surface area contributed by atoms with Gasteiger partial charge in [-0.15, -0.1) is 0 Å². The Morgan fingerprint density at radius 3 is 2.52 bits per heavy atom. The normalized spacial score (nSPS) is 20.3. The molecule has 0 heterocycles. The molecule has 1 aliphatic rings. The maximum atomic E-state index is 12.3. The second-order valence-corrected chi connectivity index (χ2v) is 6.94. The summed E-state index contributed by atoms with van der Waals surface area (Å²) in [6, 6.07) is 9.91. The van der Waals surface area contributed by atoms with Crippen molar-refractivity contribution >= 4 is 5.97 Å². The van der Waals surface area contributed by atoms with Crippen LogP contribution in [0.5, 0.6) is 0 Å². The number of esters is 1. The quantitative estimate of drug-likeness (QED) is 0.351. The number of nitrogens with zero attached hydrogens (tertiary/aromatic N) is 1. The fourth-order valence-corrected chi connectivity index (χ4v) is 3.36. The van der Waals surface area contributed by atoms with Gasteiger partial charge in [0.15, 0.2) is 0 Å². The Bertz CT molecular complexity index is 589. The van der Waals surface area contributed by atoms with Crippen LogP contribution in [0.2, 0.25) is 0 Å². The zero-order valence-electron chi connectivity index (χ0n) is 15.2. The molecule has 0 spiro atoms. The van der Waals surface area contributed by atoms with E-state index in [-0.39, 0.29) is 12.1 Å². The van der Waals surface area contributed by atoms with Crippen LogP contribution < -0.4 is 0 Å². The number of unbranched alkanes of at least 4 members (excludes halogenated alkanes) is 3. The second kappa shape index (κ2) is 10.7. The van der Waals surface area contributed by atoms with Gasteiger partial charge in [0.05, 0.1) is 11.6 Å². The number of hydrogen-bond donors (Lipinski definition) is 0. The molecule has 25 heavy (non-hydrogen) atoms. The molecule has 0 aromatic heterocycles. The maximum absolute atomic E-state index is 12.3. The fraction of sp³-hybridized carbons (Fsp3) is 0.545. The summed E-state index contributed by atoms with van der Waals surface area (Å²) >= 11 is 0. The van der Waals surface area contributed by atoms with Crippen molar-refractivity contribution in [1.29, 1.82) is 5.26 Å². The van der Waals surface area contributed by atoms with Crippen LogP contribution in [0.15, 0.2) is 36.4 Å². The molecule has 1 saturated carbocycles. The molecule has 3 nitrogen and oxygen atoms in total. The highest BCUT2D eigenvalue weighted by atomic mass is 16.5. The van der Waals surface area contributed by atoms with Crippen LogP contribution in [-0.4, -0.2) is 12.1 Å². The largest absolute Gasteiger partial charge is 0.459 e. The molecule has 0 unspecified atom stereocenters. The maximum Gasteiger partial charge on any atom is 0.338 e. The second-order valence-electron chi connectivity index (χ2n) is 6.94. The van der Waals surface area contributed by atoms with E-state index in [2.05, 4.69) is 6.92 Å². The topological polar surface area (TPSA) is 50.1 Å². The van der Waals surface area contributed by atoms with Crippen LogP contribution in [0.3, 0.4) is 0 Å². The van der Waals surface area contributed by atoms with E-state index in [1.54, 1.807) is 6.08 Å². The van der Waals surface area contributed by atoms with Gasteiger partial charge in [-0.1, -0.05) is 44.4 Å². The lowest BCUT2D eigenvalue weighted by molar-refractivity contribution is 0.0185. The van der Waals surface area contributed by atoms with Crippen molar-refractivity contribution in [2.24, 2.45) is 5.92 Å². The molecule has 0 bridgehead atoms. The summed E-state index contributed by atoms with van der Waals surface area (Å²) in [5, 5.41) is 8.58. The molecule has 1 fully saturated rings. The lowest BCUT2D eigenvalue weighted by Gasteiger charge is -2.26. The van der Waals surface area contributed by atoms with Crippen molar-refractivity contribution in [2.75, 3.05) is 0 Å². The first-order valence-corrected chi connectivity index (χ1v) is 9.59. The summed E-state index contributed by atoms with van der Waals surface area (Å²) < 4.78 is 5.66. The van der Waals surface area contributed by atoms with Gasteiger partial charge < -0.3 is 4.74 Å². The zero-order valence-corrected chi connectivity index (χ0v) is 15.2. The SMILES string of the molecule is CCCCCCc1ccc(C(=O)O[C@H]2CC[C@H](/C=C/C#N)CC2)cc1. The summed E-state index contributed by atoms with van der Waals surface area (Å²) in [4.78, 5) is 12.3. The van der Waals surface area contributed by atoms with Crippen molar-refractivity contribution < 1.29 is 9.53 Å². The van der Waals surface area contributed by atoms with Crippen molar-refractivity contribution in [3.8, 4) is 6.07 Å². The number of nitriles is 1. The van der Waals surface area contributed by atoms with Crippen LogP contribution >= 0.6 is 0 Å². The average Bonchev–Trinajstić information content (AvgIpc) is 2.65. The van der Waals surface area contributed by atoms with E-state index in [0.717, 1.165) is 32.1 Å². The van der Waals surface area contributed by atoms with E-state index < -0.39 is 0 Å². The Balaban J connectivity index is 1.76. The van der Waals surface area contributed by atoms with Gasteiger partial charge in [-0.25, -0.2) is 4.79 Å². The molecule has 3 heteroatoms. The molecule has 0 aliphatic heterocycles. The molecular weight excluding hydrogens is 310 g/mol. The average molecular weight is 339 g/mol. The first kappa shape index (κ1) is 19.2. The van der Waals surface area contributed by atoms with Gasteiger partial charge in [-0.05, 0) is 62.1 Å². The molecule has 1 aliphatic carbocycles. The fourth-order valence-electron chi connectivity index (χ4n) is 3.36. The lowest BCUT2D eigenvalue weighted by Crippen LogP contribution is -2.24. The van der Waals surface area contributed by atoms with E-state index in [1.165, 1.54) is 31.2 Å². The first-order valence-electron chi connectivity index (χ1n) is 9.59. The van der Waals surface area contributed by atoms with E-state index >= 15 is 0 Å². The first-order chi connectivity index (χ1) is 12.2. The minimum absolute atomic E-state index is 0.00737. The molecule has 0 saturated heterocycles. The molecule has 134 valence electrons. The minimum Gasteiger partial charge on any atom is -0.459 e. The summed E-state index contributed by atoms with van der Waals surface area (Å²) in [7, 11) is 0. The number of rotatable bonds is 8. The standard InChI is InChI=1S/C22H29NO2/c1-2-3-4-5-7-18-9-13-20(14-10-18)22(24)25-21-15-11-19(12-16-21)8-6-17-23/h6,8-10,13-14,19,21H,2-5,7,11-12,15-16H2,1H3/b8-6+/t19-,21-. The Kier molecular flexibility index (Phi) is 8.25. The Hall–Kier alpha value is -2.08. The van der Waals surface area contributed by atoms with Gasteiger partial charge in [0.1, 0.15) is 6.10 Å². The highest BCUT2D eigenvalue weighted by molar-refractivity contribution is 5.89. The molecule has 1 aromatic rings.